The normalized spacial score (nSPS) is 12.8. The van der Waals surface area contributed by atoms with Crippen LogP contribution in [0.1, 0.15) is 26.3 Å². The number of pyridine rings is 4. The number of benzene rings is 4. The molecule has 0 atom stereocenters. The van der Waals surface area contributed by atoms with E-state index in [-0.39, 0.29) is 114 Å². The number of hydrogen-bond donors (Lipinski definition) is 2. The summed E-state index contributed by atoms with van der Waals surface area (Å²) < 4.78 is 117. The van der Waals surface area contributed by atoms with Crippen LogP contribution < -0.4 is 39.8 Å². The number of aromatic nitrogens is 6. The zero-order chi connectivity index (χ0) is 62.4. The van der Waals surface area contributed by atoms with Crippen LogP contribution in [0.25, 0.3) is 112 Å². The van der Waals surface area contributed by atoms with Crippen LogP contribution in [0.4, 0.5) is 20.2 Å². The third-order valence-corrected chi connectivity index (χ3v) is 18.6. The maximum Gasteiger partial charge on any atom is 0.258 e. The molecular formula is C63H48F2N10O12S2. The van der Waals surface area contributed by atoms with E-state index in [9.17, 15) is 36.0 Å². The number of nitrogens with zero attached hydrogens (tertiary/aromatic N) is 8. The number of nitrogens with one attached hydrogen (secondary N) is 2. The highest BCUT2D eigenvalue weighted by Gasteiger charge is 2.32. The van der Waals surface area contributed by atoms with Crippen LogP contribution in [0, 0.1) is 18.6 Å². The Morgan fingerprint density at radius 3 is 1.55 bits per heavy atom. The molecule has 22 nitrogen and oxygen atoms in total. The molecule has 0 spiro atoms. The molecule has 0 unspecified atom stereocenters. The van der Waals surface area contributed by atoms with Crippen LogP contribution in [0.3, 0.4) is 0 Å². The molecule has 4 aromatic carbocycles. The van der Waals surface area contributed by atoms with Crippen molar-refractivity contribution in [2.45, 2.75) is 20.4 Å². The number of hydrogen-bond acceptors (Lipinski definition) is 14. The molecule has 0 saturated heterocycles. The van der Waals surface area contributed by atoms with Gasteiger partial charge in [0.05, 0.1) is 57.7 Å². The van der Waals surface area contributed by atoms with Crippen molar-refractivity contribution in [1.82, 2.24) is 38.9 Å². The number of aryl methyl sites for hydroxylation is 1. The number of furan rings is 2. The molecule has 10 heterocycles. The van der Waals surface area contributed by atoms with Crippen molar-refractivity contribution in [3.05, 3.63) is 177 Å². The Hall–Kier alpha value is -10.9. The second kappa shape index (κ2) is 20.1. The summed E-state index contributed by atoms with van der Waals surface area (Å²) >= 11 is 0. The standard InChI is InChI=1S/C63H48F2N10O12S2/c1-31-15-17-72(54(76)19-31)62-56(60(78)66-2)38-23-37(45(27-52(38)86-62)70(4)88(6,80)81)43-12-14-51-59(69-43)49-26-35-41(65)20-33(21-47(35)75(49)30-85-51)32-16-18-73(55(77)22-32)63-57(61(79)67-3)39-24-36(46(28-53(39)87-63)71(5)89(7,82)83)42-11-13-50-58(68-42)48-25-34-40(64)9-8-10-44(34)74(48)29-84-50/h8-28H,29-30H2,1-7H3,(H,66,78)(H,67,79). The SMILES string of the molecule is CNC(=O)c1c(-n2ccc(C)cc2=O)oc2cc(N(C)S(C)(=O)=O)c(-c3ccc4c(n3)-c3cc5c(F)cc(-c6ccn(-c7oc8cc(N(C)S(C)(=O)=O)c(-c9ccc%10c(n9)-c9cc%11c(F)cccc%11n9CO%10)cc8c7C(=O)NC)c(=O)c6)cc5n3CO4)cc12. The molecule has 448 valence electrons. The Balaban J connectivity index is 0.853. The minimum Gasteiger partial charge on any atom is -0.470 e. The van der Waals surface area contributed by atoms with E-state index in [0.717, 1.165) is 25.7 Å². The van der Waals surface area contributed by atoms with Crippen molar-refractivity contribution in [2.75, 3.05) is 49.3 Å². The van der Waals surface area contributed by atoms with E-state index >= 15 is 8.78 Å². The van der Waals surface area contributed by atoms with Gasteiger partial charge in [-0.15, -0.1) is 0 Å². The summed E-state index contributed by atoms with van der Waals surface area (Å²) in [5.41, 5.74) is 3.97. The first-order valence-corrected chi connectivity index (χ1v) is 31.0. The zero-order valence-corrected chi connectivity index (χ0v) is 49.7. The summed E-state index contributed by atoms with van der Waals surface area (Å²) in [5.74, 6) is -1.89. The number of halogens is 2. The first kappa shape index (κ1) is 56.0. The van der Waals surface area contributed by atoms with Gasteiger partial charge in [-0.05, 0) is 109 Å². The van der Waals surface area contributed by atoms with Crippen molar-refractivity contribution >= 4 is 87.0 Å². The fraction of sp³-hybridized carbons (Fsp3) is 0.143. The van der Waals surface area contributed by atoms with Gasteiger partial charge in [-0.3, -0.25) is 36.9 Å². The van der Waals surface area contributed by atoms with Crippen LogP contribution >= 0.6 is 0 Å². The quantitative estimate of drug-likeness (QED) is 0.122. The summed E-state index contributed by atoms with van der Waals surface area (Å²) in [4.78, 5) is 65.4. The van der Waals surface area contributed by atoms with Crippen molar-refractivity contribution in [3.63, 3.8) is 0 Å². The Kier molecular flexibility index (Phi) is 12.6. The molecule has 26 heteroatoms. The van der Waals surface area contributed by atoms with Crippen molar-refractivity contribution in [1.29, 1.82) is 0 Å². The average molecular weight is 1240 g/mol. The molecule has 0 fully saturated rings. The molecular weight excluding hydrogens is 1190 g/mol. The van der Waals surface area contributed by atoms with Crippen LogP contribution in [-0.2, 0) is 33.5 Å². The smallest absolute Gasteiger partial charge is 0.258 e. The molecule has 2 amide bonds. The van der Waals surface area contributed by atoms with E-state index in [1.807, 2.05) is 0 Å². The summed E-state index contributed by atoms with van der Waals surface area (Å²) in [7, 11) is -2.36. The van der Waals surface area contributed by atoms with E-state index in [4.69, 9.17) is 28.3 Å². The lowest BCUT2D eigenvalue weighted by molar-refractivity contribution is 0.0955. The van der Waals surface area contributed by atoms with Gasteiger partial charge in [0.25, 0.3) is 22.9 Å². The Labute approximate surface area is 503 Å². The van der Waals surface area contributed by atoms with Gasteiger partial charge in [-0.25, -0.2) is 35.6 Å². The number of rotatable bonds is 11. The largest absolute Gasteiger partial charge is 0.470 e. The Morgan fingerprint density at radius 2 is 1.06 bits per heavy atom. The van der Waals surface area contributed by atoms with Gasteiger partial charge in [0, 0.05) is 97.5 Å². The van der Waals surface area contributed by atoms with Crippen molar-refractivity contribution in [3.8, 4) is 79.7 Å². The molecule has 2 aliphatic rings. The molecule has 0 bridgehead atoms. The van der Waals surface area contributed by atoms with Gasteiger partial charge in [-0.1, -0.05) is 6.07 Å². The number of amides is 2. The van der Waals surface area contributed by atoms with Gasteiger partial charge in [0.1, 0.15) is 56.8 Å². The summed E-state index contributed by atoms with van der Waals surface area (Å²) in [5, 5.41) is 6.21. The third kappa shape index (κ3) is 8.91. The Morgan fingerprint density at radius 1 is 0.562 bits per heavy atom. The number of carbonyl (C=O) groups is 2. The average Bonchev–Trinajstić information content (AvgIpc) is 1.82. The van der Waals surface area contributed by atoms with Gasteiger partial charge in [-0.2, -0.15) is 0 Å². The molecule has 14 rings (SSSR count). The van der Waals surface area contributed by atoms with E-state index < -0.39 is 54.6 Å². The summed E-state index contributed by atoms with van der Waals surface area (Å²) in [6.07, 6.45) is 4.89. The van der Waals surface area contributed by atoms with E-state index in [0.29, 0.717) is 50.6 Å². The number of carbonyl (C=O) groups excluding carboxylic acids is 2. The lowest BCUT2D eigenvalue weighted by Crippen LogP contribution is -2.25. The molecule has 2 aliphatic heterocycles. The van der Waals surface area contributed by atoms with E-state index in [1.54, 1.807) is 94.9 Å². The van der Waals surface area contributed by atoms with Gasteiger partial charge < -0.3 is 38.1 Å². The monoisotopic (exact) mass is 1240 g/mol. The van der Waals surface area contributed by atoms with Gasteiger partial charge in [0.2, 0.25) is 31.8 Å². The van der Waals surface area contributed by atoms with Crippen LogP contribution in [-0.4, -0.2) is 97.6 Å². The zero-order valence-electron chi connectivity index (χ0n) is 48.1. The maximum atomic E-state index is 16.7. The fourth-order valence-corrected chi connectivity index (χ4v) is 12.6. The fourth-order valence-electron chi connectivity index (χ4n) is 11.6. The predicted octanol–water partition coefficient (Wildman–Crippen LogP) is 9.31. The molecule has 0 radical (unpaired) electrons. The van der Waals surface area contributed by atoms with Gasteiger partial charge in [0.15, 0.2) is 13.5 Å². The second-order valence-electron chi connectivity index (χ2n) is 21.6. The molecule has 12 aromatic rings. The third-order valence-electron chi connectivity index (χ3n) is 16.2. The first-order chi connectivity index (χ1) is 42.5. The molecule has 0 saturated carbocycles. The second-order valence-corrected chi connectivity index (χ2v) is 25.6. The molecule has 0 aliphatic carbocycles. The summed E-state index contributed by atoms with van der Waals surface area (Å²) in [6.45, 7) is 1.75. The Bertz CT molecular complexity index is 5510. The lowest BCUT2D eigenvalue weighted by Gasteiger charge is -2.23. The topological polar surface area (TPSA) is 257 Å². The number of ether oxygens (including phenoxy) is 2. The highest BCUT2D eigenvalue weighted by Crippen LogP contribution is 2.46. The molecule has 8 aromatic heterocycles. The number of anilines is 2. The van der Waals surface area contributed by atoms with Crippen LogP contribution in [0.2, 0.25) is 0 Å². The minimum absolute atomic E-state index is 0.00496. The summed E-state index contributed by atoms with van der Waals surface area (Å²) in [6, 6.07) is 29.4. The number of sulfonamides is 2. The first-order valence-electron chi connectivity index (χ1n) is 27.4. The highest BCUT2D eigenvalue weighted by atomic mass is 32.2. The van der Waals surface area contributed by atoms with Crippen molar-refractivity contribution < 1.29 is 53.5 Å². The molecule has 89 heavy (non-hydrogen) atoms. The van der Waals surface area contributed by atoms with E-state index in [1.165, 1.54) is 81.5 Å². The van der Waals surface area contributed by atoms with Crippen molar-refractivity contribution in [2.24, 2.45) is 0 Å². The van der Waals surface area contributed by atoms with E-state index in [2.05, 4.69) is 10.6 Å². The highest BCUT2D eigenvalue weighted by molar-refractivity contribution is 7.92. The van der Waals surface area contributed by atoms with Crippen LogP contribution in [0.5, 0.6) is 11.5 Å². The lowest BCUT2D eigenvalue weighted by atomic mass is 10.0. The minimum atomic E-state index is -3.95. The van der Waals surface area contributed by atoms with Crippen LogP contribution in [0.15, 0.2) is 146 Å². The number of fused-ring (bicyclic) bond motifs is 12. The van der Waals surface area contributed by atoms with Gasteiger partial charge >= 0.3 is 0 Å². The maximum absolute atomic E-state index is 16.7. The predicted molar refractivity (Wildman–Crippen MR) is 330 cm³/mol. The molecule has 2 N–H and O–H groups in total.